The number of nitriles is 1. The molecular formula is C17H16N2O2. The molecule has 2 N–H and O–H groups in total. The molecular weight excluding hydrogens is 264 g/mol. The van der Waals surface area contributed by atoms with Crippen molar-refractivity contribution in [3.63, 3.8) is 0 Å². The fourth-order valence-electron chi connectivity index (χ4n) is 2.50. The summed E-state index contributed by atoms with van der Waals surface area (Å²) in [5.74, 6) is 1.78. The SMILES string of the molecule is N#Cc1ccc(CC(CN)c2ccc3c(c2)OCO3)cc1. The van der Waals surface area contributed by atoms with Crippen LogP contribution in [0, 0.1) is 11.3 Å². The average Bonchev–Trinajstić information content (AvgIpc) is 3.00. The van der Waals surface area contributed by atoms with Crippen LogP contribution >= 0.6 is 0 Å². The summed E-state index contributed by atoms with van der Waals surface area (Å²) in [4.78, 5) is 0. The first-order valence-corrected chi connectivity index (χ1v) is 6.89. The van der Waals surface area contributed by atoms with Crippen molar-refractivity contribution in [2.24, 2.45) is 5.73 Å². The number of hydrogen-bond donors (Lipinski definition) is 1. The molecule has 0 aromatic heterocycles. The first-order valence-electron chi connectivity index (χ1n) is 6.89. The molecule has 0 radical (unpaired) electrons. The largest absolute Gasteiger partial charge is 0.454 e. The highest BCUT2D eigenvalue weighted by atomic mass is 16.7. The molecule has 4 nitrogen and oxygen atoms in total. The van der Waals surface area contributed by atoms with Crippen molar-refractivity contribution in [1.82, 2.24) is 0 Å². The van der Waals surface area contributed by atoms with Gasteiger partial charge >= 0.3 is 0 Å². The van der Waals surface area contributed by atoms with E-state index < -0.39 is 0 Å². The van der Waals surface area contributed by atoms with Crippen molar-refractivity contribution in [3.8, 4) is 17.6 Å². The predicted molar refractivity (Wildman–Crippen MR) is 79.2 cm³/mol. The van der Waals surface area contributed by atoms with E-state index >= 15 is 0 Å². The Bertz CT molecular complexity index is 674. The Balaban J connectivity index is 1.79. The second-order valence-corrected chi connectivity index (χ2v) is 5.06. The third-order valence-electron chi connectivity index (χ3n) is 3.72. The molecule has 0 amide bonds. The smallest absolute Gasteiger partial charge is 0.231 e. The quantitative estimate of drug-likeness (QED) is 0.934. The van der Waals surface area contributed by atoms with Gasteiger partial charge in [0.05, 0.1) is 11.6 Å². The summed E-state index contributed by atoms with van der Waals surface area (Å²) in [7, 11) is 0. The zero-order chi connectivity index (χ0) is 14.7. The molecule has 2 aromatic carbocycles. The van der Waals surface area contributed by atoms with E-state index in [2.05, 4.69) is 6.07 Å². The van der Waals surface area contributed by atoms with E-state index in [0.29, 0.717) is 12.1 Å². The van der Waals surface area contributed by atoms with Crippen LogP contribution in [0.4, 0.5) is 0 Å². The second kappa shape index (κ2) is 5.86. The first-order chi connectivity index (χ1) is 10.3. The van der Waals surface area contributed by atoms with Crippen LogP contribution < -0.4 is 15.2 Å². The molecule has 0 spiro atoms. The third kappa shape index (κ3) is 2.83. The summed E-state index contributed by atoms with van der Waals surface area (Å²) in [6.45, 7) is 0.835. The van der Waals surface area contributed by atoms with Gasteiger partial charge in [-0.1, -0.05) is 18.2 Å². The maximum Gasteiger partial charge on any atom is 0.231 e. The highest BCUT2D eigenvalue weighted by molar-refractivity contribution is 5.46. The first kappa shape index (κ1) is 13.5. The Morgan fingerprint density at radius 3 is 2.57 bits per heavy atom. The lowest BCUT2D eigenvalue weighted by Gasteiger charge is -2.16. The number of nitrogens with zero attached hydrogens (tertiary/aromatic N) is 1. The Morgan fingerprint density at radius 2 is 1.86 bits per heavy atom. The lowest BCUT2D eigenvalue weighted by atomic mass is 9.91. The molecule has 0 fully saturated rings. The molecule has 3 rings (SSSR count). The summed E-state index contributed by atoms with van der Waals surface area (Å²) in [6.07, 6.45) is 0.835. The molecule has 0 aliphatic carbocycles. The van der Waals surface area contributed by atoms with Crippen LogP contribution in [0.3, 0.4) is 0 Å². The zero-order valence-corrected chi connectivity index (χ0v) is 11.6. The van der Waals surface area contributed by atoms with Crippen LogP contribution in [-0.4, -0.2) is 13.3 Å². The summed E-state index contributed by atoms with van der Waals surface area (Å²) < 4.78 is 10.7. The van der Waals surface area contributed by atoms with Gasteiger partial charge in [0.2, 0.25) is 6.79 Å². The minimum absolute atomic E-state index is 0.215. The van der Waals surface area contributed by atoms with Crippen molar-refractivity contribution in [3.05, 3.63) is 59.2 Å². The minimum Gasteiger partial charge on any atom is -0.454 e. The predicted octanol–water partition coefficient (Wildman–Crippen LogP) is 2.57. The second-order valence-electron chi connectivity index (χ2n) is 5.06. The molecule has 1 atom stereocenters. The van der Waals surface area contributed by atoms with Crippen molar-refractivity contribution in [2.45, 2.75) is 12.3 Å². The molecule has 21 heavy (non-hydrogen) atoms. The fraction of sp³-hybridized carbons (Fsp3) is 0.235. The van der Waals surface area contributed by atoms with Gasteiger partial charge in [-0.25, -0.2) is 0 Å². The molecule has 1 heterocycles. The summed E-state index contributed by atoms with van der Waals surface area (Å²) in [5.41, 5.74) is 8.92. The third-order valence-corrected chi connectivity index (χ3v) is 3.72. The van der Waals surface area contributed by atoms with E-state index in [1.54, 1.807) is 0 Å². The van der Waals surface area contributed by atoms with Crippen molar-refractivity contribution >= 4 is 0 Å². The van der Waals surface area contributed by atoms with Gasteiger partial charge in [-0.3, -0.25) is 0 Å². The number of nitrogens with two attached hydrogens (primary N) is 1. The summed E-state index contributed by atoms with van der Waals surface area (Å²) in [5, 5.41) is 8.83. The highest BCUT2D eigenvalue weighted by Crippen LogP contribution is 2.35. The number of rotatable bonds is 4. The minimum atomic E-state index is 0.215. The number of fused-ring (bicyclic) bond motifs is 1. The van der Waals surface area contributed by atoms with Crippen LogP contribution in [0.15, 0.2) is 42.5 Å². The van der Waals surface area contributed by atoms with Crippen molar-refractivity contribution < 1.29 is 9.47 Å². The van der Waals surface area contributed by atoms with Gasteiger partial charge in [-0.2, -0.15) is 5.26 Å². The summed E-state index contributed by atoms with van der Waals surface area (Å²) in [6, 6.07) is 15.7. The molecule has 4 heteroatoms. The van der Waals surface area contributed by atoms with E-state index in [0.717, 1.165) is 23.5 Å². The van der Waals surface area contributed by atoms with Crippen LogP contribution in [-0.2, 0) is 6.42 Å². The highest BCUT2D eigenvalue weighted by Gasteiger charge is 2.17. The molecule has 0 bridgehead atoms. The lowest BCUT2D eigenvalue weighted by molar-refractivity contribution is 0.174. The lowest BCUT2D eigenvalue weighted by Crippen LogP contribution is -2.15. The fourth-order valence-corrected chi connectivity index (χ4v) is 2.50. The van der Waals surface area contributed by atoms with Gasteiger partial charge in [0, 0.05) is 5.92 Å². The Morgan fingerprint density at radius 1 is 1.10 bits per heavy atom. The van der Waals surface area contributed by atoms with E-state index in [-0.39, 0.29) is 12.7 Å². The van der Waals surface area contributed by atoms with Gasteiger partial charge in [0.1, 0.15) is 0 Å². The topological polar surface area (TPSA) is 68.3 Å². The van der Waals surface area contributed by atoms with E-state index in [1.807, 2.05) is 42.5 Å². The maximum atomic E-state index is 8.83. The normalized spacial score (nSPS) is 13.7. The van der Waals surface area contributed by atoms with Gasteiger partial charge in [-0.15, -0.1) is 0 Å². The standard InChI is InChI=1S/C17H16N2O2/c18-9-13-3-1-12(2-4-13)7-15(10-19)14-5-6-16-17(8-14)21-11-20-16/h1-6,8,15H,7,10-11,19H2. The van der Waals surface area contributed by atoms with Gasteiger partial charge in [-0.05, 0) is 48.4 Å². The number of ether oxygens (including phenoxy) is 2. The van der Waals surface area contributed by atoms with Crippen molar-refractivity contribution in [2.75, 3.05) is 13.3 Å². The number of benzene rings is 2. The molecule has 2 aromatic rings. The van der Waals surface area contributed by atoms with Crippen LogP contribution in [0.25, 0.3) is 0 Å². The summed E-state index contributed by atoms with van der Waals surface area (Å²) >= 11 is 0. The monoisotopic (exact) mass is 280 g/mol. The van der Waals surface area contributed by atoms with Gasteiger partial charge in [0.25, 0.3) is 0 Å². The zero-order valence-electron chi connectivity index (χ0n) is 11.6. The molecule has 1 unspecified atom stereocenters. The number of hydrogen-bond acceptors (Lipinski definition) is 4. The van der Waals surface area contributed by atoms with Gasteiger partial charge in [0.15, 0.2) is 11.5 Å². The Hall–Kier alpha value is -2.51. The Labute approximate surface area is 123 Å². The van der Waals surface area contributed by atoms with Crippen molar-refractivity contribution in [1.29, 1.82) is 5.26 Å². The molecule has 1 aliphatic rings. The van der Waals surface area contributed by atoms with Gasteiger partial charge < -0.3 is 15.2 Å². The molecule has 0 saturated carbocycles. The van der Waals surface area contributed by atoms with E-state index in [4.69, 9.17) is 20.5 Å². The van der Waals surface area contributed by atoms with E-state index in [1.165, 1.54) is 5.56 Å². The maximum absolute atomic E-state index is 8.83. The molecule has 106 valence electrons. The Kier molecular flexibility index (Phi) is 3.76. The van der Waals surface area contributed by atoms with E-state index in [9.17, 15) is 0 Å². The average molecular weight is 280 g/mol. The van der Waals surface area contributed by atoms with Crippen LogP contribution in [0.2, 0.25) is 0 Å². The van der Waals surface area contributed by atoms with Crippen LogP contribution in [0.1, 0.15) is 22.6 Å². The molecule has 1 aliphatic heterocycles. The molecule has 0 saturated heterocycles. The van der Waals surface area contributed by atoms with Crippen LogP contribution in [0.5, 0.6) is 11.5 Å².